The number of hydrogen-bond donors (Lipinski definition) is 1. The maximum absolute atomic E-state index is 13.7. The Morgan fingerprint density at radius 2 is 1.07 bits per heavy atom. The molecule has 44 heavy (non-hydrogen) atoms. The highest BCUT2D eigenvalue weighted by Crippen LogP contribution is 2.33. The van der Waals surface area contributed by atoms with Crippen LogP contribution in [0.4, 0.5) is 5.69 Å². The number of unbranched alkanes of at least 4 members (excludes halogenated alkanes) is 18. The van der Waals surface area contributed by atoms with Crippen molar-refractivity contribution in [3.63, 3.8) is 0 Å². The van der Waals surface area contributed by atoms with Gasteiger partial charge in [0.05, 0.1) is 32.5 Å². The van der Waals surface area contributed by atoms with Gasteiger partial charge in [-0.3, -0.25) is 4.79 Å². The fourth-order valence-electron chi connectivity index (χ4n) is 5.99. The highest BCUT2D eigenvalue weighted by molar-refractivity contribution is 7.92. The van der Waals surface area contributed by atoms with Gasteiger partial charge in [-0.25, -0.2) is 16.8 Å². The van der Waals surface area contributed by atoms with E-state index in [0.29, 0.717) is 32.4 Å². The molecule has 9 heteroatoms. The molecule has 0 bridgehead atoms. The summed E-state index contributed by atoms with van der Waals surface area (Å²) in [6.45, 7) is 5.46. The predicted octanol–water partition coefficient (Wildman–Crippen LogP) is 8.96. The zero-order valence-corrected chi connectivity index (χ0v) is 29.8. The minimum absolute atomic E-state index is 0.0440. The Balaban J connectivity index is 2.07. The molecule has 1 aliphatic rings. The van der Waals surface area contributed by atoms with Crippen LogP contribution in [0, 0.1) is 0 Å². The number of anilines is 1. The van der Waals surface area contributed by atoms with E-state index in [0.717, 1.165) is 38.5 Å². The van der Waals surface area contributed by atoms with Crippen LogP contribution in [0.5, 0.6) is 0 Å². The summed E-state index contributed by atoms with van der Waals surface area (Å²) in [5.41, 5.74) is 0.393. The summed E-state index contributed by atoms with van der Waals surface area (Å²) in [5.74, 6) is -0.445. The lowest BCUT2D eigenvalue weighted by molar-refractivity contribution is 0.0793. The second-order valence-corrected chi connectivity index (χ2v) is 17.0. The van der Waals surface area contributed by atoms with Crippen molar-refractivity contribution in [2.75, 3.05) is 37.0 Å². The first-order valence-corrected chi connectivity index (χ1v) is 21.1. The van der Waals surface area contributed by atoms with E-state index < -0.39 is 19.7 Å². The van der Waals surface area contributed by atoms with E-state index >= 15 is 0 Å². The number of rotatable bonds is 24. The fourth-order valence-corrected chi connectivity index (χ4v) is 9.08. The lowest BCUT2D eigenvalue weighted by atomic mass is 10.1. The molecular weight excluding hydrogens is 593 g/mol. The van der Waals surface area contributed by atoms with Crippen molar-refractivity contribution < 1.29 is 21.6 Å². The smallest absolute Gasteiger partial charge is 0.255 e. The minimum atomic E-state index is -3.80. The number of nitrogens with zero attached hydrogens (tertiary/aromatic N) is 1. The predicted molar refractivity (Wildman–Crippen MR) is 184 cm³/mol. The van der Waals surface area contributed by atoms with Crippen molar-refractivity contribution in [1.29, 1.82) is 0 Å². The quantitative estimate of drug-likeness (QED) is 0.112. The van der Waals surface area contributed by atoms with Crippen LogP contribution in [0.1, 0.15) is 159 Å². The molecule has 0 radical (unpaired) electrons. The standard InChI is InChI=1S/C35H62N2O5S2/c1-4-6-8-10-12-14-16-18-20-22-27-43(39,40)31-29-32-34(36-25-24-26-37(3)35(32)38)33(30-31)44(41,42)28-23-21-19-17-15-13-11-9-7-5-2/h29-30,36H,4-28H2,1-3H3. The molecule has 0 saturated heterocycles. The Morgan fingerprint density at radius 3 is 1.55 bits per heavy atom. The normalized spacial score (nSPS) is 14.2. The zero-order chi connectivity index (χ0) is 32.3. The van der Waals surface area contributed by atoms with Gasteiger partial charge in [-0.1, -0.05) is 129 Å². The third kappa shape index (κ3) is 13.8. The number of amides is 1. The number of carbonyl (C=O) groups is 1. The molecule has 0 unspecified atom stereocenters. The Morgan fingerprint density at radius 1 is 0.636 bits per heavy atom. The molecule has 0 fully saturated rings. The topological polar surface area (TPSA) is 101 Å². The minimum Gasteiger partial charge on any atom is -0.383 e. The third-order valence-electron chi connectivity index (χ3n) is 8.85. The molecule has 254 valence electrons. The lowest BCUT2D eigenvalue weighted by Gasteiger charge is -2.25. The van der Waals surface area contributed by atoms with Gasteiger partial charge in [0, 0.05) is 20.1 Å². The maximum Gasteiger partial charge on any atom is 0.255 e. The van der Waals surface area contributed by atoms with Crippen molar-refractivity contribution in [3.05, 3.63) is 17.7 Å². The monoisotopic (exact) mass is 654 g/mol. The van der Waals surface area contributed by atoms with Crippen molar-refractivity contribution in [2.45, 2.75) is 158 Å². The SMILES string of the molecule is CCCCCCCCCCCCS(=O)(=O)c1cc2c(c(S(=O)(=O)CCCCCCCCCCCC)c1)NCCCN(C)C2=O. The summed E-state index contributed by atoms with van der Waals surface area (Å²) in [6.07, 6.45) is 22.6. The van der Waals surface area contributed by atoms with Crippen LogP contribution in [-0.2, 0) is 19.7 Å². The van der Waals surface area contributed by atoms with E-state index in [1.165, 1.54) is 89.2 Å². The molecule has 2 rings (SSSR count). The van der Waals surface area contributed by atoms with Crippen molar-refractivity contribution >= 4 is 31.3 Å². The maximum atomic E-state index is 13.7. The molecule has 0 saturated carbocycles. The van der Waals surface area contributed by atoms with Crippen molar-refractivity contribution in [2.24, 2.45) is 0 Å². The summed E-state index contributed by atoms with van der Waals surface area (Å²) < 4.78 is 54.3. The van der Waals surface area contributed by atoms with E-state index in [1.807, 2.05) is 0 Å². The molecule has 1 heterocycles. The second kappa shape index (κ2) is 21.2. The number of hydrogen-bond acceptors (Lipinski definition) is 6. The molecule has 1 N–H and O–H groups in total. The first-order chi connectivity index (χ1) is 21.1. The highest BCUT2D eigenvalue weighted by atomic mass is 32.2. The summed E-state index contributed by atoms with van der Waals surface area (Å²) in [7, 11) is -5.88. The van der Waals surface area contributed by atoms with Gasteiger partial charge in [-0.05, 0) is 31.4 Å². The van der Waals surface area contributed by atoms with Gasteiger partial charge in [0.25, 0.3) is 5.91 Å². The third-order valence-corrected chi connectivity index (χ3v) is 12.5. The molecule has 1 amide bonds. The van der Waals surface area contributed by atoms with Crippen LogP contribution in [0.2, 0.25) is 0 Å². The number of fused-ring (bicyclic) bond motifs is 1. The Hall–Kier alpha value is -1.61. The molecule has 7 nitrogen and oxygen atoms in total. The molecule has 1 aliphatic heterocycles. The Kier molecular flexibility index (Phi) is 18.6. The van der Waals surface area contributed by atoms with Gasteiger partial charge in [0.1, 0.15) is 0 Å². The average Bonchev–Trinajstić information content (AvgIpc) is 2.99. The summed E-state index contributed by atoms with van der Waals surface area (Å²) >= 11 is 0. The van der Waals surface area contributed by atoms with Crippen LogP contribution in [0.3, 0.4) is 0 Å². The van der Waals surface area contributed by atoms with Gasteiger partial charge in [0.15, 0.2) is 19.7 Å². The van der Waals surface area contributed by atoms with E-state index in [2.05, 4.69) is 19.2 Å². The summed E-state index contributed by atoms with van der Waals surface area (Å²) in [4.78, 5) is 14.8. The highest BCUT2D eigenvalue weighted by Gasteiger charge is 2.30. The van der Waals surface area contributed by atoms with E-state index in [1.54, 1.807) is 11.9 Å². The first kappa shape index (κ1) is 38.6. The van der Waals surface area contributed by atoms with Crippen molar-refractivity contribution in [3.8, 4) is 0 Å². The fraction of sp³-hybridized carbons (Fsp3) is 0.800. The van der Waals surface area contributed by atoms with Crippen LogP contribution in [0.25, 0.3) is 0 Å². The number of benzene rings is 1. The van der Waals surface area contributed by atoms with Crippen LogP contribution < -0.4 is 5.32 Å². The van der Waals surface area contributed by atoms with Crippen LogP contribution in [0.15, 0.2) is 21.9 Å². The average molecular weight is 655 g/mol. The lowest BCUT2D eigenvalue weighted by Crippen LogP contribution is -2.32. The van der Waals surface area contributed by atoms with Crippen LogP contribution >= 0.6 is 0 Å². The van der Waals surface area contributed by atoms with Gasteiger partial charge in [0.2, 0.25) is 0 Å². The molecule has 0 spiro atoms. The first-order valence-electron chi connectivity index (χ1n) is 17.8. The van der Waals surface area contributed by atoms with Gasteiger partial charge < -0.3 is 10.2 Å². The van der Waals surface area contributed by atoms with E-state index in [9.17, 15) is 21.6 Å². The van der Waals surface area contributed by atoms with Crippen molar-refractivity contribution in [1.82, 2.24) is 4.90 Å². The molecule has 1 aromatic carbocycles. The number of carbonyl (C=O) groups excluding carboxylic acids is 1. The molecule has 1 aromatic rings. The van der Waals surface area contributed by atoms with E-state index in [-0.39, 0.29) is 38.5 Å². The largest absolute Gasteiger partial charge is 0.383 e. The second-order valence-electron chi connectivity index (χ2n) is 12.9. The molecule has 0 aromatic heterocycles. The molecule has 0 atom stereocenters. The summed E-state index contributed by atoms with van der Waals surface area (Å²) in [6, 6.07) is 2.72. The van der Waals surface area contributed by atoms with Gasteiger partial charge >= 0.3 is 0 Å². The summed E-state index contributed by atoms with van der Waals surface area (Å²) in [5, 5.41) is 3.17. The molecular formula is C35H62N2O5S2. The van der Waals surface area contributed by atoms with E-state index in [4.69, 9.17) is 0 Å². The molecule has 0 aliphatic carbocycles. The Labute approximate surface area is 270 Å². The number of sulfone groups is 2. The number of nitrogens with one attached hydrogen (secondary N) is 1. The van der Waals surface area contributed by atoms with Gasteiger partial charge in [-0.15, -0.1) is 0 Å². The van der Waals surface area contributed by atoms with Crippen LogP contribution in [-0.4, -0.2) is 59.3 Å². The zero-order valence-electron chi connectivity index (χ0n) is 28.1. The van der Waals surface area contributed by atoms with Gasteiger partial charge in [-0.2, -0.15) is 0 Å². The Bertz CT molecular complexity index is 1180.